The Morgan fingerprint density at radius 3 is 2.26 bits per heavy atom. The molecule has 0 aliphatic heterocycles. The van der Waals surface area contributed by atoms with E-state index < -0.39 is 11.2 Å². The second-order valence-electron chi connectivity index (χ2n) is 9.49. The molecule has 39 heavy (non-hydrogen) atoms. The molecule has 0 spiro atoms. The number of rotatable bonds is 10. The van der Waals surface area contributed by atoms with Crippen molar-refractivity contribution in [2.24, 2.45) is 0 Å². The summed E-state index contributed by atoms with van der Waals surface area (Å²) in [6, 6.07) is 19.9. The number of nitrogens with one attached hydrogen (secondary N) is 2. The van der Waals surface area contributed by atoms with Crippen LogP contribution in [0.4, 0.5) is 5.69 Å². The molecule has 0 aliphatic rings. The SMILES string of the molecule is Cc1cccc(C)c1NC(=O)Cn1c(=O)n(CCCC(=O)NCCc2ccc(Cl)cc2)c(=O)c2ccccc21. The minimum atomic E-state index is -0.585. The second-order valence-corrected chi connectivity index (χ2v) is 9.92. The van der Waals surface area contributed by atoms with E-state index >= 15 is 0 Å². The zero-order valence-electron chi connectivity index (χ0n) is 22.0. The molecule has 2 N–H and O–H groups in total. The maximum atomic E-state index is 13.4. The average Bonchev–Trinajstić information content (AvgIpc) is 2.92. The first-order chi connectivity index (χ1) is 18.7. The summed E-state index contributed by atoms with van der Waals surface area (Å²) in [5.74, 6) is -0.531. The molecule has 0 saturated heterocycles. The molecule has 8 nitrogen and oxygen atoms in total. The van der Waals surface area contributed by atoms with Gasteiger partial charge >= 0.3 is 5.69 Å². The molecule has 9 heteroatoms. The Bertz CT molecular complexity index is 1600. The van der Waals surface area contributed by atoms with Crippen LogP contribution < -0.4 is 21.9 Å². The fraction of sp³-hybridized carbons (Fsp3) is 0.267. The van der Waals surface area contributed by atoms with E-state index in [2.05, 4.69) is 10.6 Å². The smallest absolute Gasteiger partial charge is 0.331 e. The van der Waals surface area contributed by atoms with Crippen LogP contribution in [0.5, 0.6) is 0 Å². The molecular formula is C30H31ClN4O4. The van der Waals surface area contributed by atoms with Gasteiger partial charge in [0.2, 0.25) is 11.8 Å². The summed E-state index contributed by atoms with van der Waals surface area (Å²) in [7, 11) is 0. The van der Waals surface area contributed by atoms with Gasteiger partial charge in [-0.2, -0.15) is 0 Å². The number of fused-ring (bicyclic) bond motifs is 1. The van der Waals surface area contributed by atoms with Crippen molar-refractivity contribution in [2.75, 3.05) is 11.9 Å². The Balaban J connectivity index is 1.45. The molecule has 4 rings (SSSR count). The Kier molecular flexibility index (Phi) is 8.99. The van der Waals surface area contributed by atoms with Gasteiger partial charge in [0, 0.05) is 30.2 Å². The molecule has 3 aromatic carbocycles. The molecule has 0 atom stereocenters. The van der Waals surface area contributed by atoms with E-state index in [0.29, 0.717) is 41.0 Å². The van der Waals surface area contributed by atoms with Crippen molar-refractivity contribution >= 4 is 40.0 Å². The minimum absolute atomic E-state index is 0.0611. The van der Waals surface area contributed by atoms with Gasteiger partial charge in [-0.1, -0.05) is 54.1 Å². The van der Waals surface area contributed by atoms with Crippen LogP contribution in [0.15, 0.2) is 76.3 Å². The zero-order chi connectivity index (χ0) is 27.9. The number of carbonyl (C=O) groups is 2. The predicted molar refractivity (Wildman–Crippen MR) is 154 cm³/mol. The van der Waals surface area contributed by atoms with Crippen LogP contribution in [0.2, 0.25) is 5.02 Å². The van der Waals surface area contributed by atoms with Crippen molar-refractivity contribution in [3.05, 3.63) is 109 Å². The summed E-state index contributed by atoms with van der Waals surface area (Å²) >= 11 is 5.90. The lowest BCUT2D eigenvalue weighted by Crippen LogP contribution is -2.42. The van der Waals surface area contributed by atoms with Gasteiger partial charge in [-0.25, -0.2) is 4.79 Å². The van der Waals surface area contributed by atoms with E-state index in [9.17, 15) is 19.2 Å². The topological polar surface area (TPSA) is 102 Å². The van der Waals surface area contributed by atoms with Crippen molar-refractivity contribution in [3.63, 3.8) is 0 Å². The lowest BCUT2D eigenvalue weighted by atomic mass is 10.1. The molecule has 202 valence electrons. The van der Waals surface area contributed by atoms with Crippen LogP contribution in [0.25, 0.3) is 10.9 Å². The number of carbonyl (C=O) groups excluding carboxylic acids is 2. The van der Waals surface area contributed by atoms with Gasteiger partial charge in [0.05, 0.1) is 10.9 Å². The molecule has 2 amide bonds. The lowest BCUT2D eigenvalue weighted by molar-refractivity contribution is -0.121. The molecule has 0 unspecified atom stereocenters. The molecular weight excluding hydrogens is 516 g/mol. The highest BCUT2D eigenvalue weighted by atomic mass is 35.5. The van der Waals surface area contributed by atoms with Gasteiger partial charge in [-0.3, -0.25) is 23.5 Å². The number of aromatic nitrogens is 2. The van der Waals surface area contributed by atoms with Gasteiger partial charge in [0.15, 0.2) is 0 Å². The summed E-state index contributed by atoms with van der Waals surface area (Å²) in [6.45, 7) is 4.08. The minimum Gasteiger partial charge on any atom is -0.356 e. The van der Waals surface area contributed by atoms with E-state index in [1.807, 2.05) is 44.2 Å². The van der Waals surface area contributed by atoms with Crippen LogP contribution in [-0.2, 0) is 29.1 Å². The highest BCUT2D eigenvalue weighted by Crippen LogP contribution is 2.19. The number of benzene rings is 3. The molecule has 4 aromatic rings. The number of hydrogen-bond acceptors (Lipinski definition) is 4. The average molecular weight is 547 g/mol. The number of halogens is 1. The fourth-order valence-electron chi connectivity index (χ4n) is 4.54. The summed E-state index contributed by atoms with van der Waals surface area (Å²) in [5, 5.41) is 6.76. The van der Waals surface area contributed by atoms with Crippen LogP contribution in [0.3, 0.4) is 0 Å². The van der Waals surface area contributed by atoms with Gasteiger partial charge in [-0.05, 0) is 67.6 Å². The van der Waals surface area contributed by atoms with E-state index in [1.165, 1.54) is 4.57 Å². The number of anilines is 1. The van der Waals surface area contributed by atoms with Crippen LogP contribution >= 0.6 is 11.6 Å². The Morgan fingerprint density at radius 2 is 1.54 bits per heavy atom. The molecule has 0 aliphatic carbocycles. The van der Waals surface area contributed by atoms with Crippen molar-refractivity contribution in [1.82, 2.24) is 14.5 Å². The van der Waals surface area contributed by atoms with Crippen LogP contribution in [-0.4, -0.2) is 27.5 Å². The standard InChI is InChI=1S/C30H31ClN4O4/c1-20-7-5-8-21(2)28(20)33-27(37)19-35-25-10-4-3-9-24(25)29(38)34(30(35)39)18-6-11-26(36)32-17-16-22-12-14-23(31)15-13-22/h3-5,7-10,12-15H,6,11,16-19H2,1-2H3,(H,32,36)(H,33,37). The number of amides is 2. The number of nitrogens with zero attached hydrogens (tertiary/aromatic N) is 2. The maximum Gasteiger partial charge on any atom is 0.331 e. The van der Waals surface area contributed by atoms with E-state index in [4.69, 9.17) is 11.6 Å². The molecule has 1 heterocycles. The monoisotopic (exact) mass is 546 g/mol. The second kappa shape index (κ2) is 12.6. The van der Waals surface area contributed by atoms with Crippen LogP contribution in [0, 0.1) is 13.8 Å². The number of hydrogen-bond donors (Lipinski definition) is 2. The van der Waals surface area contributed by atoms with Gasteiger partial charge in [-0.15, -0.1) is 0 Å². The Morgan fingerprint density at radius 1 is 0.846 bits per heavy atom. The first-order valence-corrected chi connectivity index (χ1v) is 13.2. The molecule has 0 bridgehead atoms. The van der Waals surface area contributed by atoms with Crippen LogP contribution in [0.1, 0.15) is 29.5 Å². The van der Waals surface area contributed by atoms with E-state index in [-0.39, 0.29) is 31.3 Å². The first kappa shape index (κ1) is 27.9. The van der Waals surface area contributed by atoms with Gasteiger partial charge in [0.25, 0.3) is 5.56 Å². The third kappa shape index (κ3) is 6.83. The molecule has 0 saturated carbocycles. The maximum absolute atomic E-state index is 13.4. The summed E-state index contributed by atoms with van der Waals surface area (Å²) in [6.07, 6.45) is 1.13. The third-order valence-electron chi connectivity index (χ3n) is 6.61. The largest absolute Gasteiger partial charge is 0.356 e. The van der Waals surface area contributed by atoms with Gasteiger partial charge < -0.3 is 10.6 Å². The number of para-hydroxylation sites is 2. The third-order valence-corrected chi connectivity index (χ3v) is 6.87. The summed E-state index contributed by atoms with van der Waals surface area (Å²) < 4.78 is 2.42. The first-order valence-electron chi connectivity index (χ1n) is 12.8. The zero-order valence-corrected chi connectivity index (χ0v) is 22.8. The van der Waals surface area contributed by atoms with Crippen molar-refractivity contribution in [1.29, 1.82) is 0 Å². The predicted octanol–water partition coefficient (Wildman–Crippen LogP) is 4.21. The quantitative estimate of drug-likeness (QED) is 0.311. The Hall–Kier alpha value is -4.17. The molecule has 0 radical (unpaired) electrons. The molecule has 0 fully saturated rings. The van der Waals surface area contributed by atoms with E-state index in [1.54, 1.807) is 36.4 Å². The normalized spacial score (nSPS) is 10.9. The van der Waals surface area contributed by atoms with Crippen molar-refractivity contribution < 1.29 is 9.59 Å². The van der Waals surface area contributed by atoms with Crippen molar-refractivity contribution in [2.45, 2.75) is 46.2 Å². The van der Waals surface area contributed by atoms with Gasteiger partial charge in [0.1, 0.15) is 6.54 Å². The Labute approximate surface area is 231 Å². The van der Waals surface area contributed by atoms with E-state index in [0.717, 1.165) is 21.3 Å². The fourth-order valence-corrected chi connectivity index (χ4v) is 4.66. The highest BCUT2D eigenvalue weighted by Gasteiger charge is 2.16. The van der Waals surface area contributed by atoms with Crippen molar-refractivity contribution in [3.8, 4) is 0 Å². The number of aryl methyl sites for hydroxylation is 2. The molecule has 1 aromatic heterocycles. The lowest BCUT2D eigenvalue weighted by Gasteiger charge is -2.15. The highest BCUT2D eigenvalue weighted by molar-refractivity contribution is 6.30. The summed E-state index contributed by atoms with van der Waals surface area (Å²) in [4.78, 5) is 51.9. The summed E-state index contributed by atoms with van der Waals surface area (Å²) in [5.41, 5.74) is 2.96.